The number of carbonyl (C=O) groups excluding carboxylic acids is 2. The van der Waals surface area contributed by atoms with Crippen molar-refractivity contribution in [1.82, 2.24) is 10.2 Å². The summed E-state index contributed by atoms with van der Waals surface area (Å²) in [6, 6.07) is 20.3. The maximum atomic E-state index is 13.5. The summed E-state index contributed by atoms with van der Waals surface area (Å²) in [5.41, 5.74) is 3.49. The van der Waals surface area contributed by atoms with Crippen molar-refractivity contribution >= 4 is 40.5 Å². The van der Waals surface area contributed by atoms with E-state index in [1.807, 2.05) is 30.3 Å². The maximum Gasteiger partial charge on any atom is 0.255 e. The van der Waals surface area contributed by atoms with Crippen LogP contribution in [0.1, 0.15) is 20.7 Å². The number of halogens is 1. The van der Waals surface area contributed by atoms with E-state index < -0.39 is 0 Å². The predicted octanol–water partition coefficient (Wildman–Crippen LogP) is 3.99. The van der Waals surface area contributed by atoms with Crippen LogP contribution < -0.4 is 25.2 Å². The molecule has 2 aliphatic heterocycles. The summed E-state index contributed by atoms with van der Waals surface area (Å²) < 4.78 is 11.0. The highest BCUT2D eigenvalue weighted by Crippen LogP contribution is 2.31. The van der Waals surface area contributed by atoms with Crippen molar-refractivity contribution in [3.05, 3.63) is 82.9 Å². The summed E-state index contributed by atoms with van der Waals surface area (Å²) in [7, 11) is 1.69. The van der Waals surface area contributed by atoms with Crippen molar-refractivity contribution in [2.24, 2.45) is 0 Å². The SMILES string of the molecule is COc1ccccc1N1CCN(c2ccc(NC(=O)c3ccc(Cl)cc3)cc2C(=O)NCCN2CCOCC2)CC1. The first-order valence-corrected chi connectivity index (χ1v) is 14.3. The summed E-state index contributed by atoms with van der Waals surface area (Å²) >= 11 is 5.97. The van der Waals surface area contributed by atoms with Crippen molar-refractivity contribution in [2.45, 2.75) is 0 Å². The number of rotatable bonds is 9. The van der Waals surface area contributed by atoms with Crippen molar-refractivity contribution in [3.63, 3.8) is 0 Å². The molecule has 41 heavy (non-hydrogen) atoms. The van der Waals surface area contributed by atoms with Gasteiger partial charge in [-0.05, 0) is 54.6 Å². The van der Waals surface area contributed by atoms with Gasteiger partial charge in [-0.25, -0.2) is 0 Å². The molecule has 0 radical (unpaired) electrons. The number of hydrogen-bond donors (Lipinski definition) is 2. The highest BCUT2D eigenvalue weighted by atomic mass is 35.5. The Balaban J connectivity index is 1.31. The Morgan fingerprint density at radius 1 is 0.854 bits per heavy atom. The predicted molar refractivity (Wildman–Crippen MR) is 163 cm³/mol. The molecule has 0 spiro atoms. The smallest absolute Gasteiger partial charge is 0.255 e. The average molecular weight is 578 g/mol. The van der Waals surface area contributed by atoms with Gasteiger partial charge >= 0.3 is 0 Å². The lowest BCUT2D eigenvalue weighted by Gasteiger charge is -2.38. The van der Waals surface area contributed by atoms with E-state index in [2.05, 4.69) is 31.4 Å². The number of hydrogen-bond acceptors (Lipinski definition) is 7. The number of carbonyl (C=O) groups is 2. The Labute approximate surface area is 246 Å². The fourth-order valence-corrected chi connectivity index (χ4v) is 5.33. The molecule has 5 rings (SSSR count). The highest BCUT2D eigenvalue weighted by molar-refractivity contribution is 6.30. The van der Waals surface area contributed by atoms with E-state index in [0.29, 0.717) is 41.6 Å². The Morgan fingerprint density at radius 2 is 1.54 bits per heavy atom. The van der Waals surface area contributed by atoms with Gasteiger partial charge in [0.05, 0.1) is 31.6 Å². The fraction of sp³-hybridized carbons (Fsp3) is 0.355. The van der Waals surface area contributed by atoms with Gasteiger partial charge in [0, 0.05) is 74.3 Å². The molecule has 3 aromatic rings. The van der Waals surface area contributed by atoms with Crippen LogP contribution in [0.3, 0.4) is 0 Å². The van der Waals surface area contributed by atoms with Crippen LogP contribution in [-0.4, -0.2) is 89.4 Å². The van der Waals surface area contributed by atoms with E-state index in [-0.39, 0.29) is 11.8 Å². The lowest BCUT2D eigenvalue weighted by Crippen LogP contribution is -2.47. The molecule has 9 nitrogen and oxygen atoms in total. The summed E-state index contributed by atoms with van der Waals surface area (Å²) in [5, 5.41) is 6.58. The fourth-order valence-electron chi connectivity index (χ4n) is 5.20. The van der Waals surface area contributed by atoms with Crippen LogP contribution in [-0.2, 0) is 4.74 Å². The van der Waals surface area contributed by atoms with Crippen LogP contribution in [0.5, 0.6) is 5.75 Å². The molecule has 0 saturated carbocycles. The molecule has 2 saturated heterocycles. The highest BCUT2D eigenvalue weighted by Gasteiger charge is 2.24. The number of nitrogens with one attached hydrogen (secondary N) is 2. The van der Waals surface area contributed by atoms with E-state index in [0.717, 1.165) is 62.9 Å². The molecule has 2 aliphatic rings. The van der Waals surface area contributed by atoms with Crippen molar-refractivity contribution in [2.75, 3.05) is 87.8 Å². The maximum absolute atomic E-state index is 13.5. The first-order chi connectivity index (χ1) is 20.0. The number of anilines is 3. The lowest BCUT2D eigenvalue weighted by molar-refractivity contribution is 0.0383. The van der Waals surface area contributed by atoms with Gasteiger partial charge in [-0.15, -0.1) is 0 Å². The second-order valence-corrected chi connectivity index (χ2v) is 10.5. The Hall–Kier alpha value is -3.79. The van der Waals surface area contributed by atoms with Gasteiger partial charge < -0.3 is 29.9 Å². The molecule has 0 unspecified atom stereocenters. The topological polar surface area (TPSA) is 86.4 Å². The first-order valence-electron chi connectivity index (χ1n) is 13.9. The van der Waals surface area contributed by atoms with E-state index >= 15 is 0 Å². The Bertz CT molecular complexity index is 1340. The summed E-state index contributed by atoms with van der Waals surface area (Å²) in [6.45, 7) is 7.50. The number of amides is 2. The minimum Gasteiger partial charge on any atom is -0.495 e. The Morgan fingerprint density at radius 3 is 2.24 bits per heavy atom. The van der Waals surface area contributed by atoms with E-state index in [1.54, 1.807) is 37.4 Å². The lowest BCUT2D eigenvalue weighted by atomic mass is 10.1. The molecule has 0 atom stereocenters. The number of morpholine rings is 1. The van der Waals surface area contributed by atoms with Gasteiger partial charge in [0.1, 0.15) is 5.75 Å². The Kier molecular flexibility index (Phi) is 9.61. The van der Waals surface area contributed by atoms with Gasteiger partial charge in [0.15, 0.2) is 0 Å². The number of benzene rings is 3. The molecule has 216 valence electrons. The van der Waals surface area contributed by atoms with Gasteiger partial charge in [-0.3, -0.25) is 14.5 Å². The second-order valence-electron chi connectivity index (χ2n) is 10.0. The minimum absolute atomic E-state index is 0.164. The van der Waals surface area contributed by atoms with Crippen LogP contribution in [0.4, 0.5) is 17.1 Å². The summed E-state index contributed by atoms with van der Waals surface area (Å²) in [4.78, 5) is 33.2. The molecule has 0 bridgehead atoms. The van der Waals surface area contributed by atoms with Crippen LogP contribution in [0, 0.1) is 0 Å². The van der Waals surface area contributed by atoms with Gasteiger partial charge in [0.25, 0.3) is 11.8 Å². The quantitative estimate of drug-likeness (QED) is 0.398. The largest absolute Gasteiger partial charge is 0.495 e. The van der Waals surface area contributed by atoms with Crippen LogP contribution >= 0.6 is 11.6 Å². The average Bonchev–Trinajstić information content (AvgIpc) is 3.02. The summed E-state index contributed by atoms with van der Waals surface area (Å²) in [5.74, 6) is 0.420. The van der Waals surface area contributed by atoms with Gasteiger partial charge in [0.2, 0.25) is 0 Å². The van der Waals surface area contributed by atoms with Gasteiger partial charge in [-0.2, -0.15) is 0 Å². The first kappa shape index (κ1) is 28.7. The van der Waals surface area contributed by atoms with Crippen molar-refractivity contribution in [1.29, 1.82) is 0 Å². The zero-order valence-electron chi connectivity index (χ0n) is 23.3. The summed E-state index contributed by atoms with van der Waals surface area (Å²) in [6.07, 6.45) is 0. The third kappa shape index (κ3) is 7.30. The van der Waals surface area contributed by atoms with E-state index in [4.69, 9.17) is 21.1 Å². The van der Waals surface area contributed by atoms with Crippen molar-refractivity contribution < 1.29 is 19.1 Å². The molecule has 2 heterocycles. The van der Waals surface area contributed by atoms with Gasteiger partial charge in [-0.1, -0.05) is 23.7 Å². The number of nitrogens with zero attached hydrogens (tertiary/aromatic N) is 3. The molecule has 10 heteroatoms. The van der Waals surface area contributed by atoms with Crippen LogP contribution in [0.15, 0.2) is 66.7 Å². The zero-order chi connectivity index (χ0) is 28.6. The van der Waals surface area contributed by atoms with Crippen LogP contribution in [0.2, 0.25) is 5.02 Å². The number of methoxy groups -OCH3 is 1. The second kappa shape index (κ2) is 13.7. The minimum atomic E-state index is -0.265. The zero-order valence-corrected chi connectivity index (χ0v) is 24.0. The van der Waals surface area contributed by atoms with Crippen molar-refractivity contribution in [3.8, 4) is 5.75 Å². The molecule has 2 fully saturated rings. The third-order valence-electron chi connectivity index (χ3n) is 7.47. The molecule has 0 aromatic heterocycles. The molecular formula is C31H36ClN5O4. The monoisotopic (exact) mass is 577 g/mol. The molecule has 3 aromatic carbocycles. The van der Waals surface area contributed by atoms with Crippen LogP contribution in [0.25, 0.3) is 0 Å². The number of para-hydroxylation sites is 2. The van der Waals surface area contributed by atoms with E-state index in [9.17, 15) is 9.59 Å². The molecule has 2 N–H and O–H groups in total. The standard InChI is InChI=1S/C31H36ClN5O4/c1-40-29-5-3-2-4-28(29)37-16-14-36(15-17-37)27-11-10-25(34-30(38)23-6-8-24(32)9-7-23)22-26(27)31(39)33-12-13-35-18-20-41-21-19-35/h2-11,22H,12-21H2,1H3,(H,33,39)(H,34,38). The molecule has 0 aliphatic carbocycles. The molecular weight excluding hydrogens is 542 g/mol. The molecule has 2 amide bonds. The van der Waals surface area contributed by atoms with E-state index in [1.165, 1.54) is 0 Å². The number of ether oxygens (including phenoxy) is 2. The third-order valence-corrected chi connectivity index (χ3v) is 7.72. The number of piperazine rings is 1. The normalized spacial score (nSPS) is 15.9.